The van der Waals surface area contributed by atoms with Crippen LogP contribution in [0.1, 0.15) is 66.2 Å². The molecule has 0 aromatic rings. The van der Waals surface area contributed by atoms with Crippen LogP contribution in [-0.4, -0.2) is 11.1 Å². The summed E-state index contributed by atoms with van der Waals surface area (Å²) in [4.78, 5) is 0. The Kier molecular flexibility index (Phi) is 5.77. The van der Waals surface area contributed by atoms with Gasteiger partial charge in [-0.25, -0.2) is 0 Å². The first-order valence-electron chi connectivity index (χ1n) is 7.28. The molecule has 0 bridgehead atoms. The molecular formula is C16H28N2. The van der Waals surface area contributed by atoms with Crippen LogP contribution in [0.15, 0.2) is 34.5 Å². The average Bonchev–Trinajstić information content (AvgIpc) is 2.38. The van der Waals surface area contributed by atoms with E-state index in [1.54, 1.807) is 0 Å². The van der Waals surface area contributed by atoms with E-state index in [-0.39, 0.29) is 11.1 Å². The van der Waals surface area contributed by atoms with E-state index in [2.05, 4.69) is 62.2 Å². The van der Waals surface area contributed by atoms with E-state index in [0.717, 1.165) is 38.5 Å². The molecule has 0 aliphatic carbocycles. The molecule has 2 heteroatoms. The number of hydrogen-bond acceptors (Lipinski definition) is 2. The second kappa shape index (κ2) is 6.86. The molecule has 102 valence electrons. The number of rotatable bonds is 2. The van der Waals surface area contributed by atoms with Gasteiger partial charge in [0.15, 0.2) is 0 Å². The lowest BCUT2D eigenvalue weighted by atomic mass is 9.93. The van der Waals surface area contributed by atoms with Crippen molar-refractivity contribution in [3.8, 4) is 0 Å². The summed E-state index contributed by atoms with van der Waals surface area (Å²) in [5.41, 5.74) is -0.0638. The Labute approximate surface area is 112 Å². The molecule has 0 saturated heterocycles. The van der Waals surface area contributed by atoms with E-state index >= 15 is 0 Å². The van der Waals surface area contributed by atoms with Crippen LogP contribution < -0.4 is 0 Å². The molecule has 1 aliphatic rings. The molecule has 0 fully saturated rings. The van der Waals surface area contributed by atoms with Crippen molar-refractivity contribution in [3.63, 3.8) is 0 Å². The first kappa shape index (κ1) is 15.1. The van der Waals surface area contributed by atoms with E-state index in [9.17, 15) is 0 Å². The molecule has 0 radical (unpaired) electrons. The number of hydrogen-bond donors (Lipinski definition) is 0. The van der Waals surface area contributed by atoms with E-state index in [0.29, 0.717) is 0 Å². The van der Waals surface area contributed by atoms with Crippen LogP contribution in [0.25, 0.3) is 0 Å². The second-order valence-corrected chi connectivity index (χ2v) is 5.83. The summed E-state index contributed by atoms with van der Waals surface area (Å²) < 4.78 is 0. The van der Waals surface area contributed by atoms with Crippen molar-refractivity contribution in [1.82, 2.24) is 0 Å². The van der Waals surface area contributed by atoms with Gasteiger partial charge in [0.25, 0.3) is 0 Å². The third-order valence-electron chi connectivity index (χ3n) is 4.00. The van der Waals surface area contributed by atoms with Crippen LogP contribution in [0.2, 0.25) is 0 Å². The molecule has 2 nitrogen and oxygen atoms in total. The van der Waals surface area contributed by atoms with Crippen LogP contribution >= 0.6 is 0 Å². The molecular weight excluding hydrogens is 220 g/mol. The molecule has 0 aromatic carbocycles. The van der Waals surface area contributed by atoms with Crippen molar-refractivity contribution in [2.75, 3.05) is 0 Å². The number of nitrogens with zero attached hydrogens (tertiary/aromatic N) is 2. The van der Waals surface area contributed by atoms with Crippen LogP contribution in [-0.2, 0) is 0 Å². The van der Waals surface area contributed by atoms with Gasteiger partial charge in [-0.3, -0.25) is 0 Å². The monoisotopic (exact) mass is 248 g/mol. The molecule has 1 aliphatic heterocycles. The predicted octanol–water partition coefficient (Wildman–Crippen LogP) is 5.46. The maximum absolute atomic E-state index is 4.67. The molecule has 0 saturated carbocycles. The largest absolute Gasteiger partial charge is 0.187 e. The summed E-state index contributed by atoms with van der Waals surface area (Å²) >= 11 is 0. The third-order valence-corrected chi connectivity index (χ3v) is 4.00. The van der Waals surface area contributed by atoms with Gasteiger partial charge in [0, 0.05) is 0 Å². The van der Waals surface area contributed by atoms with Gasteiger partial charge in [0.1, 0.15) is 0 Å². The summed E-state index contributed by atoms with van der Waals surface area (Å²) in [5.74, 6) is 0. The number of allylic oxidation sites excluding steroid dienone is 2. The lowest BCUT2D eigenvalue weighted by molar-refractivity contribution is 0.368. The van der Waals surface area contributed by atoms with E-state index in [1.165, 1.54) is 0 Å². The molecule has 1 heterocycles. The van der Waals surface area contributed by atoms with Crippen molar-refractivity contribution < 1.29 is 0 Å². The zero-order valence-electron chi connectivity index (χ0n) is 12.4. The Morgan fingerprint density at radius 2 is 1.17 bits per heavy atom. The molecule has 0 amide bonds. The maximum atomic E-state index is 4.67. The van der Waals surface area contributed by atoms with Gasteiger partial charge in [-0.05, 0) is 52.4 Å². The third kappa shape index (κ3) is 4.75. The Hall–Kier alpha value is -0.920. The Morgan fingerprint density at radius 3 is 1.50 bits per heavy atom. The zero-order chi connectivity index (χ0) is 13.5. The summed E-state index contributed by atoms with van der Waals surface area (Å²) in [6.07, 6.45) is 15.4. The maximum Gasteiger partial charge on any atom is 0.0819 e. The molecule has 0 aromatic heterocycles. The smallest absolute Gasteiger partial charge is 0.0819 e. The van der Waals surface area contributed by atoms with Crippen LogP contribution in [0.4, 0.5) is 0 Å². The summed E-state index contributed by atoms with van der Waals surface area (Å²) in [5, 5.41) is 9.34. The van der Waals surface area contributed by atoms with Gasteiger partial charge >= 0.3 is 0 Å². The molecule has 0 spiro atoms. The summed E-state index contributed by atoms with van der Waals surface area (Å²) in [6.45, 7) is 8.81. The topological polar surface area (TPSA) is 24.7 Å². The Bertz CT molecular complexity index is 298. The lowest BCUT2D eigenvalue weighted by Gasteiger charge is -2.26. The SMILES string of the molecule is CCC1(C)C/C=C/CC/C=C/CC(C)(CC)N=N1. The minimum absolute atomic E-state index is 0.0319. The molecule has 1 rings (SSSR count). The molecule has 2 unspecified atom stereocenters. The van der Waals surface area contributed by atoms with Gasteiger partial charge < -0.3 is 0 Å². The first-order chi connectivity index (χ1) is 8.54. The van der Waals surface area contributed by atoms with Crippen molar-refractivity contribution in [1.29, 1.82) is 0 Å². The summed E-state index contributed by atoms with van der Waals surface area (Å²) in [7, 11) is 0. The van der Waals surface area contributed by atoms with Gasteiger partial charge in [0.05, 0.1) is 11.1 Å². The molecule has 0 N–H and O–H groups in total. The number of azo groups is 1. The standard InChI is InChI=1S/C16H28N2/c1-5-15(3)13-11-9-7-8-10-12-14-16(4,6-2)18-17-15/h9-12H,5-8,13-14H2,1-4H3/b11-9+,12-10+,18-17?. The van der Waals surface area contributed by atoms with Gasteiger partial charge in [-0.2, -0.15) is 10.2 Å². The van der Waals surface area contributed by atoms with Gasteiger partial charge in [-0.15, -0.1) is 0 Å². The second-order valence-electron chi connectivity index (χ2n) is 5.83. The first-order valence-corrected chi connectivity index (χ1v) is 7.28. The van der Waals surface area contributed by atoms with Crippen molar-refractivity contribution in [2.45, 2.75) is 77.3 Å². The van der Waals surface area contributed by atoms with Gasteiger partial charge in [0.2, 0.25) is 0 Å². The van der Waals surface area contributed by atoms with Crippen molar-refractivity contribution in [3.05, 3.63) is 24.3 Å². The minimum atomic E-state index is -0.0319. The Balaban J connectivity index is 2.92. The highest BCUT2D eigenvalue weighted by atomic mass is 15.2. The van der Waals surface area contributed by atoms with Gasteiger partial charge in [-0.1, -0.05) is 38.2 Å². The lowest BCUT2D eigenvalue weighted by Crippen LogP contribution is -2.24. The van der Waals surface area contributed by atoms with Crippen LogP contribution in [0, 0.1) is 0 Å². The molecule has 2 atom stereocenters. The summed E-state index contributed by atoms with van der Waals surface area (Å²) in [6, 6.07) is 0. The van der Waals surface area contributed by atoms with Crippen LogP contribution in [0.5, 0.6) is 0 Å². The molecule has 18 heavy (non-hydrogen) atoms. The zero-order valence-corrected chi connectivity index (χ0v) is 12.4. The van der Waals surface area contributed by atoms with E-state index in [4.69, 9.17) is 0 Å². The van der Waals surface area contributed by atoms with E-state index < -0.39 is 0 Å². The quantitative estimate of drug-likeness (QED) is 0.579. The van der Waals surface area contributed by atoms with Crippen molar-refractivity contribution >= 4 is 0 Å². The van der Waals surface area contributed by atoms with Crippen LogP contribution in [0.3, 0.4) is 0 Å². The van der Waals surface area contributed by atoms with E-state index in [1.807, 2.05) is 0 Å². The fourth-order valence-electron chi connectivity index (χ4n) is 1.86. The van der Waals surface area contributed by atoms with Crippen molar-refractivity contribution in [2.24, 2.45) is 10.2 Å². The highest BCUT2D eigenvalue weighted by Gasteiger charge is 2.24. The highest BCUT2D eigenvalue weighted by Crippen LogP contribution is 2.27. The fraction of sp³-hybridized carbons (Fsp3) is 0.750. The average molecular weight is 248 g/mol. The minimum Gasteiger partial charge on any atom is -0.187 e. The fourth-order valence-corrected chi connectivity index (χ4v) is 1.86. The normalized spacial score (nSPS) is 37.6. The highest BCUT2D eigenvalue weighted by molar-refractivity contribution is 4.98. The Morgan fingerprint density at radius 1 is 0.778 bits per heavy atom. The predicted molar refractivity (Wildman–Crippen MR) is 79.0 cm³/mol.